The van der Waals surface area contributed by atoms with E-state index in [1.807, 2.05) is 48.5 Å². The minimum absolute atomic E-state index is 0.354. The standard InChI is InChI=1S/C33H40O6SSi/c1-5-41(6-2,7-3)39-29-28-27(22-35-32(38-28)25-16-12-9-13-17-25)36-33(40-26-20-18-23(4)19-21-26)30(29)37-31(34)24-14-10-8-11-15-24/h8-21,27-30,32-33H,5-7,22H2,1-4H3/t27-,28-,29+,30-,32?,33+/m1/s1. The molecule has 0 amide bonds. The summed E-state index contributed by atoms with van der Waals surface area (Å²) in [5, 5.41) is 0. The van der Waals surface area contributed by atoms with Crippen LogP contribution in [0.3, 0.4) is 0 Å². The summed E-state index contributed by atoms with van der Waals surface area (Å²) in [6.45, 7) is 9.04. The summed E-state index contributed by atoms with van der Waals surface area (Å²) in [5.41, 5.74) is 2.10. The summed E-state index contributed by atoms with van der Waals surface area (Å²) in [6, 6.07) is 30.2. The molecule has 2 aliphatic heterocycles. The lowest BCUT2D eigenvalue weighted by atomic mass is 9.98. The molecular weight excluding hydrogens is 553 g/mol. The van der Waals surface area contributed by atoms with Gasteiger partial charge in [-0.25, -0.2) is 4.79 Å². The van der Waals surface area contributed by atoms with Gasteiger partial charge in [0.15, 0.2) is 20.7 Å². The van der Waals surface area contributed by atoms with E-state index >= 15 is 0 Å². The number of hydrogen-bond donors (Lipinski definition) is 0. The van der Waals surface area contributed by atoms with Crippen LogP contribution in [0, 0.1) is 6.92 Å². The molecule has 41 heavy (non-hydrogen) atoms. The fourth-order valence-electron chi connectivity index (χ4n) is 5.49. The highest BCUT2D eigenvalue weighted by molar-refractivity contribution is 7.99. The van der Waals surface area contributed by atoms with Crippen molar-refractivity contribution in [3.05, 3.63) is 102 Å². The van der Waals surface area contributed by atoms with Gasteiger partial charge in [0.2, 0.25) is 0 Å². The number of rotatable bonds is 10. The summed E-state index contributed by atoms with van der Waals surface area (Å²) in [4.78, 5) is 14.6. The third-order valence-electron chi connectivity index (χ3n) is 8.20. The monoisotopic (exact) mass is 592 g/mol. The van der Waals surface area contributed by atoms with Crippen LogP contribution < -0.4 is 0 Å². The van der Waals surface area contributed by atoms with Crippen molar-refractivity contribution >= 4 is 26.0 Å². The molecule has 0 bridgehead atoms. The van der Waals surface area contributed by atoms with Gasteiger partial charge in [-0.15, -0.1) is 0 Å². The zero-order valence-electron chi connectivity index (χ0n) is 24.2. The third-order valence-corrected chi connectivity index (χ3v) is 14.0. The van der Waals surface area contributed by atoms with E-state index in [9.17, 15) is 4.79 Å². The quantitative estimate of drug-likeness (QED) is 0.178. The Morgan fingerprint density at radius 3 is 2.12 bits per heavy atom. The Morgan fingerprint density at radius 2 is 1.49 bits per heavy atom. The number of carbonyl (C=O) groups is 1. The van der Waals surface area contributed by atoms with Crippen LogP contribution in [-0.2, 0) is 23.4 Å². The Labute approximate surface area is 248 Å². The first-order valence-electron chi connectivity index (χ1n) is 14.6. The van der Waals surface area contributed by atoms with Crippen LogP contribution in [0.5, 0.6) is 0 Å². The highest BCUT2D eigenvalue weighted by Crippen LogP contribution is 2.43. The van der Waals surface area contributed by atoms with Crippen molar-refractivity contribution in [3.63, 3.8) is 0 Å². The maximum atomic E-state index is 13.5. The van der Waals surface area contributed by atoms with Crippen LogP contribution in [0.4, 0.5) is 0 Å². The number of hydrogen-bond acceptors (Lipinski definition) is 7. The van der Waals surface area contributed by atoms with Gasteiger partial charge in [0.25, 0.3) is 0 Å². The van der Waals surface area contributed by atoms with E-state index in [4.69, 9.17) is 23.4 Å². The molecule has 6 nitrogen and oxygen atoms in total. The molecule has 6 atom stereocenters. The maximum absolute atomic E-state index is 13.5. The molecule has 0 aromatic heterocycles. The van der Waals surface area contributed by atoms with Gasteiger partial charge in [-0.2, -0.15) is 0 Å². The lowest BCUT2D eigenvalue weighted by Gasteiger charge is -2.51. The van der Waals surface area contributed by atoms with Gasteiger partial charge in [-0.05, 0) is 49.3 Å². The molecule has 2 saturated heterocycles. The molecule has 5 rings (SSSR count). The highest BCUT2D eigenvalue weighted by atomic mass is 32.2. The first-order chi connectivity index (χ1) is 19.9. The van der Waals surface area contributed by atoms with E-state index in [2.05, 4.69) is 52.0 Å². The average molecular weight is 593 g/mol. The van der Waals surface area contributed by atoms with E-state index in [0.29, 0.717) is 12.2 Å². The first kappa shape index (κ1) is 30.0. The van der Waals surface area contributed by atoms with E-state index in [1.54, 1.807) is 23.9 Å². The van der Waals surface area contributed by atoms with Crippen LogP contribution in [0.1, 0.15) is 48.5 Å². The van der Waals surface area contributed by atoms with Crippen LogP contribution in [-0.4, -0.2) is 50.7 Å². The molecule has 0 saturated carbocycles. The van der Waals surface area contributed by atoms with Crippen LogP contribution >= 0.6 is 11.8 Å². The molecule has 3 aromatic rings. The smallest absolute Gasteiger partial charge is 0.338 e. The van der Waals surface area contributed by atoms with Gasteiger partial charge >= 0.3 is 5.97 Å². The lowest BCUT2D eigenvalue weighted by Crippen LogP contribution is -2.65. The van der Waals surface area contributed by atoms with Gasteiger partial charge in [0.05, 0.1) is 12.2 Å². The van der Waals surface area contributed by atoms with Crippen molar-refractivity contribution in [2.75, 3.05) is 6.61 Å². The van der Waals surface area contributed by atoms with Crippen molar-refractivity contribution in [1.82, 2.24) is 0 Å². The van der Waals surface area contributed by atoms with E-state index < -0.39 is 44.3 Å². The predicted molar refractivity (Wildman–Crippen MR) is 163 cm³/mol. The van der Waals surface area contributed by atoms with Gasteiger partial charge in [-0.3, -0.25) is 0 Å². The zero-order chi connectivity index (χ0) is 28.8. The summed E-state index contributed by atoms with van der Waals surface area (Å²) in [7, 11) is -2.16. The van der Waals surface area contributed by atoms with Gasteiger partial charge in [0, 0.05) is 10.5 Å². The third kappa shape index (κ3) is 6.96. The molecule has 2 fully saturated rings. The first-order valence-corrected chi connectivity index (χ1v) is 18.0. The topological polar surface area (TPSA) is 63.2 Å². The number of aryl methyl sites for hydroxylation is 1. The SMILES string of the molecule is CC[Si](CC)(CC)O[C@@H]1[C@@H](OC(=O)c2ccccc2)[C@H](Sc2ccc(C)cc2)O[C@@H]2COC(c3ccccc3)O[C@@H]12. The Kier molecular flexibility index (Phi) is 10.0. The molecule has 0 radical (unpaired) electrons. The van der Waals surface area contributed by atoms with Crippen molar-refractivity contribution in [1.29, 1.82) is 0 Å². The van der Waals surface area contributed by atoms with Gasteiger partial charge in [0.1, 0.15) is 23.7 Å². The largest absolute Gasteiger partial charge is 0.452 e. The molecule has 0 aliphatic carbocycles. The van der Waals surface area contributed by atoms with Crippen molar-refractivity contribution in [2.24, 2.45) is 0 Å². The van der Waals surface area contributed by atoms with Crippen molar-refractivity contribution in [2.45, 2.75) is 86.9 Å². The summed E-state index contributed by atoms with van der Waals surface area (Å²) in [5.74, 6) is -0.399. The average Bonchev–Trinajstić information content (AvgIpc) is 3.03. The molecule has 3 aromatic carbocycles. The summed E-state index contributed by atoms with van der Waals surface area (Å²) >= 11 is 1.55. The predicted octanol–water partition coefficient (Wildman–Crippen LogP) is 7.54. The number of carbonyl (C=O) groups excluding carboxylic acids is 1. The zero-order valence-corrected chi connectivity index (χ0v) is 26.0. The second kappa shape index (κ2) is 13.7. The fraction of sp³-hybridized carbons (Fsp3) is 0.424. The summed E-state index contributed by atoms with van der Waals surface area (Å²) < 4.78 is 33.1. The van der Waals surface area contributed by atoms with Gasteiger partial charge in [-0.1, -0.05) is 98.8 Å². The second-order valence-corrected chi connectivity index (χ2v) is 16.6. The molecule has 0 spiro atoms. The van der Waals surface area contributed by atoms with Crippen molar-refractivity contribution in [3.8, 4) is 0 Å². The Morgan fingerprint density at radius 1 is 0.854 bits per heavy atom. The van der Waals surface area contributed by atoms with Crippen LogP contribution in [0.25, 0.3) is 0 Å². The summed E-state index contributed by atoms with van der Waals surface area (Å²) in [6.07, 6.45) is -2.59. The Balaban J connectivity index is 1.52. The number of esters is 1. The second-order valence-electron chi connectivity index (χ2n) is 10.7. The fourth-order valence-corrected chi connectivity index (χ4v) is 9.44. The molecule has 0 N–H and O–H groups in total. The van der Waals surface area contributed by atoms with E-state index in [0.717, 1.165) is 28.6 Å². The minimum atomic E-state index is -2.16. The molecular formula is C33H40O6SSi. The molecule has 1 unspecified atom stereocenters. The molecule has 218 valence electrons. The maximum Gasteiger partial charge on any atom is 0.338 e. The number of benzene rings is 3. The van der Waals surface area contributed by atoms with E-state index in [1.165, 1.54) is 5.56 Å². The van der Waals surface area contributed by atoms with Crippen LogP contribution in [0.15, 0.2) is 89.8 Å². The van der Waals surface area contributed by atoms with E-state index in [-0.39, 0.29) is 6.10 Å². The number of fused-ring (bicyclic) bond motifs is 1. The molecule has 2 aliphatic rings. The number of ether oxygens (including phenoxy) is 4. The number of thioether (sulfide) groups is 1. The minimum Gasteiger partial charge on any atom is -0.452 e. The molecule has 8 heteroatoms. The lowest BCUT2D eigenvalue weighted by molar-refractivity contribution is -0.315. The Bertz CT molecular complexity index is 1250. The Hall–Kier alpha value is -2.46. The molecule has 2 heterocycles. The van der Waals surface area contributed by atoms with Crippen molar-refractivity contribution < 1.29 is 28.2 Å². The van der Waals surface area contributed by atoms with Gasteiger partial charge < -0.3 is 23.4 Å². The highest BCUT2D eigenvalue weighted by Gasteiger charge is 2.54. The van der Waals surface area contributed by atoms with Crippen LogP contribution in [0.2, 0.25) is 18.1 Å². The normalized spacial score (nSPS) is 26.2.